The molecule has 0 bridgehead atoms. The molecule has 174 valence electrons. The van der Waals surface area contributed by atoms with Crippen molar-refractivity contribution < 1.29 is 19.1 Å². The molecule has 0 N–H and O–H groups in total. The number of carbonyl (C=O) groups excluding carboxylic acids is 2. The van der Waals surface area contributed by atoms with Crippen LogP contribution in [0.4, 0.5) is 0 Å². The van der Waals surface area contributed by atoms with E-state index < -0.39 is 5.97 Å². The maximum absolute atomic E-state index is 13.3. The predicted molar refractivity (Wildman–Crippen MR) is 134 cm³/mol. The highest BCUT2D eigenvalue weighted by atomic mass is 35.5. The molecule has 2 atom stereocenters. The van der Waals surface area contributed by atoms with Gasteiger partial charge < -0.3 is 9.47 Å². The summed E-state index contributed by atoms with van der Waals surface area (Å²) < 4.78 is 10.6. The average molecular weight is 475 g/mol. The molecule has 4 nitrogen and oxygen atoms in total. The smallest absolute Gasteiger partial charge is 0.307 e. The minimum absolute atomic E-state index is 0.00941. The Bertz CT molecular complexity index is 1160. The fourth-order valence-corrected chi connectivity index (χ4v) is 4.11. The Kier molecular flexibility index (Phi) is 8.90. The highest BCUT2D eigenvalue weighted by molar-refractivity contribution is 6.30. The van der Waals surface area contributed by atoms with Gasteiger partial charge in [0.1, 0.15) is 5.75 Å². The van der Waals surface area contributed by atoms with E-state index in [9.17, 15) is 9.59 Å². The van der Waals surface area contributed by atoms with Crippen molar-refractivity contribution in [2.75, 3.05) is 13.7 Å². The Labute approximate surface area is 205 Å². The fourth-order valence-electron chi connectivity index (χ4n) is 3.98. The predicted octanol–water partition coefficient (Wildman–Crippen LogP) is 6.36. The summed E-state index contributed by atoms with van der Waals surface area (Å²) in [7, 11) is 1.59. The molecule has 34 heavy (non-hydrogen) atoms. The number of rotatable bonds is 10. The van der Waals surface area contributed by atoms with Crippen LogP contribution in [0, 0.1) is 19.3 Å². The standard InChI is InChI=1S/C29H27ClO4/c1-4-16-34-29(32)19-27(23-6-5-7-25(17-23)33-3)26(21-12-14-24(30)15-13-21)18-28(31)22-10-8-20(2)9-11-22/h1,5-15,17,26-27H,16,18-19H2,2-3H3/t26-,27-/m0/s1. The Balaban J connectivity index is 2.04. The van der Waals surface area contributed by atoms with Crippen molar-refractivity contribution in [3.8, 4) is 18.1 Å². The quantitative estimate of drug-likeness (QED) is 0.195. The van der Waals surface area contributed by atoms with Crippen LogP contribution in [-0.4, -0.2) is 25.5 Å². The molecule has 5 heteroatoms. The molecule has 3 rings (SSSR count). The van der Waals surface area contributed by atoms with Crippen molar-refractivity contribution in [3.05, 3.63) is 100 Å². The number of ether oxygens (including phenoxy) is 2. The topological polar surface area (TPSA) is 52.6 Å². The zero-order valence-corrected chi connectivity index (χ0v) is 20.0. The van der Waals surface area contributed by atoms with E-state index in [1.165, 1.54) is 0 Å². The van der Waals surface area contributed by atoms with Gasteiger partial charge in [-0.1, -0.05) is 71.6 Å². The molecule has 3 aromatic rings. The summed E-state index contributed by atoms with van der Waals surface area (Å²) in [5.74, 6) is 1.90. The van der Waals surface area contributed by atoms with Crippen molar-refractivity contribution in [1.82, 2.24) is 0 Å². The van der Waals surface area contributed by atoms with Gasteiger partial charge in [0.2, 0.25) is 0 Å². The molecule has 0 saturated heterocycles. The number of esters is 1. The molecule has 3 aromatic carbocycles. The van der Waals surface area contributed by atoms with Crippen LogP contribution in [-0.2, 0) is 9.53 Å². The lowest BCUT2D eigenvalue weighted by molar-refractivity contribution is -0.142. The van der Waals surface area contributed by atoms with Crippen molar-refractivity contribution in [2.45, 2.75) is 31.6 Å². The number of hydrogen-bond acceptors (Lipinski definition) is 4. The summed E-state index contributed by atoms with van der Waals surface area (Å²) in [6.07, 6.45) is 5.52. The van der Waals surface area contributed by atoms with Gasteiger partial charge >= 0.3 is 5.97 Å². The first-order chi connectivity index (χ1) is 16.4. The van der Waals surface area contributed by atoms with Crippen LogP contribution >= 0.6 is 11.6 Å². The van der Waals surface area contributed by atoms with Crippen LogP contribution < -0.4 is 4.74 Å². The number of methoxy groups -OCH3 is 1. The Morgan fingerprint density at radius 2 is 1.62 bits per heavy atom. The molecular weight excluding hydrogens is 448 g/mol. The SMILES string of the molecule is C#CCOC(=O)C[C@@H](c1cccc(OC)c1)[C@@H](CC(=O)c1ccc(C)cc1)c1ccc(Cl)cc1. The average Bonchev–Trinajstić information content (AvgIpc) is 2.85. The van der Waals surface area contributed by atoms with E-state index in [0.717, 1.165) is 16.7 Å². The largest absolute Gasteiger partial charge is 0.497 e. The van der Waals surface area contributed by atoms with Gasteiger partial charge in [0.25, 0.3) is 0 Å². The molecule has 0 aliphatic rings. The molecule has 0 radical (unpaired) electrons. The third kappa shape index (κ3) is 6.73. The second kappa shape index (κ2) is 12.1. The van der Waals surface area contributed by atoms with E-state index in [4.69, 9.17) is 27.5 Å². The van der Waals surface area contributed by atoms with Crippen LogP contribution in [0.5, 0.6) is 5.75 Å². The zero-order chi connectivity index (χ0) is 24.5. The molecule has 0 heterocycles. The van der Waals surface area contributed by atoms with Crippen LogP contribution in [0.1, 0.15) is 51.7 Å². The van der Waals surface area contributed by atoms with E-state index in [1.807, 2.05) is 67.6 Å². The van der Waals surface area contributed by atoms with Gasteiger partial charge in [0.05, 0.1) is 13.5 Å². The lowest BCUT2D eigenvalue weighted by Crippen LogP contribution is -2.20. The van der Waals surface area contributed by atoms with E-state index in [-0.39, 0.29) is 37.1 Å². The number of carbonyl (C=O) groups is 2. The van der Waals surface area contributed by atoms with Gasteiger partial charge in [-0.25, -0.2) is 0 Å². The van der Waals surface area contributed by atoms with Gasteiger partial charge in [-0.15, -0.1) is 6.42 Å². The summed E-state index contributed by atoms with van der Waals surface area (Å²) in [4.78, 5) is 26.0. The third-order valence-corrected chi connectivity index (χ3v) is 6.04. The van der Waals surface area contributed by atoms with E-state index in [0.29, 0.717) is 16.3 Å². The second-order valence-electron chi connectivity index (χ2n) is 8.10. The van der Waals surface area contributed by atoms with Gasteiger partial charge in [-0.05, 0) is 48.2 Å². The van der Waals surface area contributed by atoms with Crippen LogP contribution in [0.15, 0.2) is 72.8 Å². The Hall–Kier alpha value is -3.55. The molecule has 0 unspecified atom stereocenters. The molecule has 0 aliphatic carbocycles. The van der Waals surface area contributed by atoms with E-state index in [1.54, 1.807) is 19.2 Å². The molecule has 0 saturated carbocycles. The Morgan fingerprint density at radius 3 is 2.26 bits per heavy atom. The first kappa shape index (κ1) is 25.1. The maximum Gasteiger partial charge on any atom is 0.307 e. The molecule has 0 amide bonds. The number of aryl methyl sites for hydroxylation is 1. The number of halogens is 1. The van der Waals surface area contributed by atoms with Crippen molar-refractivity contribution in [1.29, 1.82) is 0 Å². The first-order valence-electron chi connectivity index (χ1n) is 11.0. The highest BCUT2D eigenvalue weighted by Crippen LogP contribution is 2.40. The summed E-state index contributed by atoms with van der Waals surface area (Å²) in [6.45, 7) is 1.88. The van der Waals surface area contributed by atoms with E-state index in [2.05, 4.69) is 5.92 Å². The monoisotopic (exact) mass is 474 g/mol. The summed E-state index contributed by atoms with van der Waals surface area (Å²) in [5.41, 5.74) is 3.48. The van der Waals surface area contributed by atoms with Gasteiger partial charge in [0, 0.05) is 22.9 Å². The molecule has 0 aromatic heterocycles. The summed E-state index contributed by atoms with van der Waals surface area (Å²) in [5, 5.41) is 0.596. The highest BCUT2D eigenvalue weighted by Gasteiger charge is 2.30. The zero-order valence-electron chi connectivity index (χ0n) is 19.3. The minimum Gasteiger partial charge on any atom is -0.497 e. The third-order valence-electron chi connectivity index (χ3n) is 5.79. The maximum atomic E-state index is 13.3. The summed E-state index contributed by atoms with van der Waals surface area (Å²) in [6, 6.07) is 22.4. The van der Waals surface area contributed by atoms with Crippen molar-refractivity contribution in [2.24, 2.45) is 0 Å². The lowest BCUT2D eigenvalue weighted by Gasteiger charge is -2.28. The van der Waals surface area contributed by atoms with Crippen LogP contribution in [0.2, 0.25) is 5.02 Å². The van der Waals surface area contributed by atoms with E-state index >= 15 is 0 Å². The molecule has 0 aliphatic heterocycles. The normalized spacial score (nSPS) is 12.3. The lowest BCUT2D eigenvalue weighted by atomic mass is 9.76. The number of terminal acetylenes is 1. The number of Topliss-reactive ketones (excluding diaryl/α,β-unsaturated/α-hetero) is 1. The van der Waals surface area contributed by atoms with Crippen LogP contribution in [0.3, 0.4) is 0 Å². The van der Waals surface area contributed by atoms with Crippen molar-refractivity contribution in [3.63, 3.8) is 0 Å². The Morgan fingerprint density at radius 1 is 0.941 bits per heavy atom. The fraction of sp³-hybridized carbons (Fsp3) is 0.241. The van der Waals surface area contributed by atoms with Crippen LogP contribution in [0.25, 0.3) is 0 Å². The second-order valence-corrected chi connectivity index (χ2v) is 8.54. The van der Waals surface area contributed by atoms with Gasteiger partial charge in [-0.2, -0.15) is 0 Å². The number of hydrogen-bond donors (Lipinski definition) is 0. The molecular formula is C29H27ClO4. The number of benzene rings is 3. The number of ketones is 1. The van der Waals surface area contributed by atoms with Gasteiger partial charge in [-0.3, -0.25) is 9.59 Å². The minimum atomic E-state index is -0.424. The summed E-state index contributed by atoms with van der Waals surface area (Å²) >= 11 is 6.13. The van der Waals surface area contributed by atoms with Gasteiger partial charge in [0.15, 0.2) is 12.4 Å². The molecule has 0 spiro atoms. The molecule has 0 fully saturated rings. The van der Waals surface area contributed by atoms with Crippen molar-refractivity contribution >= 4 is 23.4 Å². The first-order valence-corrected chi connectivity index (χ1v) is 11.4.